The van der Waals surface area contributed by atoms with Crippen LogP contribution in [0.15, 0.2) is 66.7 Å². The van der Waals surface area contributed by atoms with Gasteiger partial charge in [-0.05, 0) is 0 Å². The Hall–Kier alpha value is -3.64. The van der Waals surface area contributed by atoms with Crippen molar-refractivity contribution < 1.29 is 29.0 Å². The molecule has 2 atom stereocenters. The molecule has 0 spiro atoms. The summed E-state index contributed by atoms with van der Waals surface area (Å²) < 4.78 is 5.94. The molecule has 2 unspecified atom stereocenters. The van der Waals surface area contributed by atoms with Crippen molar-refractivity contribution in [1.29, 1.82) is 0 Å². The summed E-state index contributed by atoms with van der Waals surface area (Å²) >= 11 is -1.28. The summed E-state index contributed by atoms with van der Waals surface area (Å²) in [5.41, 5.74) is 0.879. The average molecular weight is 564 g/mol. The number of carboxylic acids is 1. The van der Waals surface area contributed by atoms with E-state index in [1.54, 1.807) is 28.9 Å². The topological polar surface area (TPSA) is 104 Å². The molecule has 0 saturated carbocycles. The third-order valence-electron chi connectivity index (χ3n) is 6.39. The van der Waals surface area contributed by atoms with Gasteiger partial charge in [0.25, 0.3) is 0 Å². The number of hydrogen-bond acceptors (Lipinski definition) is 5. The van der Waals surface area contributed by atoms with Crippen molar-refractivity contribution in [1.82, 2.24) is 9.80 Å². The quantitative estimate of drug-likeness (QED) is 0.333. The van der Waals surface area contributed by atoms with Crippen molar-refractivity contribution >= 4 is 53.4 Å². The summed E-state index contributed by atoms with van der Waals surface area (Å²) in [5, 5.41) is 11.3. The maximum atomic E-state index is 13.6. The van der Waals surface area contributed by atoms with Gasteiger partial charge >= 0.3 is 222 Å². The first-order valence-electron chi connectivity index (χ1n) is 12.2. The van der Waals surface area contributed by atoms with Crippen molar-refractivity contribution in [3.05, 3.63) is 77.9 Å². The molecule has 1 fully saturated rings. The number of aromatic carboxylic acids is 1. The fraction of sp³-hybridized carbons (Fsp3) is 0.286. The molecule has 8 nitrogen and oxygen atoms in total. The third-order valence-corrected chi connectivity index (χ3v) is 8.90. The van der Waals surface area contributed by atoms with Crippen LogP contribution in [0.3, 0.4) is 0 Å². The van der Waals surface area contributed by atoms with Crippen LogP contribution in [0, 0.1) is 5.92 Å². The summed E-state index contributed by atoms with van der Waals surface area (Å²) in [7, 11) is 0. The molecular formula is C28H29AsN2O6. The number of fused-ring (bicyclic) bond motifs is 1. The zero-order valence-electron chi connectivity index (χ0n) is 20.6. The minimum absolute atomic E-state index is 0.0737. The summed E-state index contributed by atoms with van der Waals surface area (Å²) in [5.74, 6) is -2.14. The Bertz CT molecular complexity index is 1300. The van der Waals surface area contributed by atoms with Gasteiger partial charge in [0.05, 0.1) is 0 Å². The van der Waals surface area contributed by atoms with Crippen LogP contribution in [0.1, 0.15) is 22.8 Å². The second-order valence-electron chi connectivity index (χ2n) is 8.82. The second kappa shape index (κ2) is 12.1. The Kier molecular flexibility index (Phi) is 8.61. The summed E-state index contributed by atoms with van der Waals surface area (Å²) in [6, 6.07) is 20.2. The molecule has 1 aliphatic rings. The minimum atomic E-state index is -1.28. The first-order valence-corrected chi connectivity index (χ1v) is 14.3. The van der Waals surface area contributed by atoms with Crippen LogP contribution in [0.5, 0.6) is 0 Å². The maximum absolute atomic E-state index is 13.6. The number of rotatable bonds is 8. The van der Waals surface area contributed by atoms with Crippen molar-refractivity contribution in [3.63, 3.8) is 0 Å². The molecule has 2 amide bonds. The molecule has 3 aromatic rings. The van der Waals surface area contributed by atoms with E-state index in [-0.39, 0.29) is 29.1 Å². The number of piperazine rings is 1. The van der Waals surface area contributed by atoms with Crippen molar-refractivity contribution in [2.75, 3.05) is 32.8 Å². The van der Waals surface area contributed by atoms with Gasteiger partial charge in [0.15, 0.2) is 0 Å². The van der Waals surface area contributed by atoms with Gasteiger partial charge in [-0.25, -0.2) is 0 Å². The standard InChI is InChI=1S/C28H29AsN2O6/c1-2-37-28(36)31-15-13-30(14-16-31)26(33)24(17-19-7-9-21(10-8-19)27(34)35)25(32)29-23-12-11-20-5-3-4-6-22(20)18-23/h3-12,18,24,29H,2,13-17H2,1H3,(H,34,35). The fourth-order valence-corrected chi connectivity index (χ4v) is 6.62. The number of ether oxygens (including phenoxy) is 1. The molecular weight excluding hydrogens is 535 g/mol. The predicted molar refractivity (Wildman–Crippen MR) is 142 cm³/mol. The van der Waals surface area contributed by atoms with E-state index in [4.69, 9.17) is 4.74 Å². The molecule has 1 saturated heterocycles. The summed E-state index contributed by atoms with van der Waals surface area (Å²) in [4.78, 5) is 53.7. The Morgan fingerprint density at radius 3 is 2.19 bits per heavy atom. The number of carboxylic acid groups (broad SMARTS) is 1. The second-order valence-corrected chi connectivity index (χ2v) is 11.6. The molecule has 0 bridgehead atoms. The normalized spacial score (nSPS) is 14.6. The first-order chi connectivity index (χ1) is 17.9. The van der Waals surface area contributed by atoms with Crippen LogP contribution in [0.4, 0.5) is 4.79 Å². The fourth-order valence-electron chi connectivity index (χ4n) is 4.35. The van der Waals surface area contributed by atoms with Crippen LogP contribution in [-0.4, -0.2) is 86.0 Å². The zero-order chi connectivity index (χ0) is 26.4. The summed E-state index contributed by atoms with van der Waals surface area (Å²) in [6.07, 6.45) is -0.198. The SMILES string of the molecule is CCOC(=O)N1CCN(C(=O)C(Cc2ccc(C(=O)O)cc2)C(=O)[AsH]c2ccc3ccccc3c2)CC1. The molecule has 1 aliphatic heterocycles. The van der Waals surface area contributed by atoms with E-state index < -0.39 is 33.7 Å². The van der Waals surface area contributed by atoms with E-state index in [0.29, 0.717) is 26.2 Å². The molecule has 0 aliphatic carbocycles. The van der Waals surface area contributed by atoms with Gasteiger partial charge in [0.2, 0.25) is 0 Å². The van der Waals surface area contributed by atoms with E-state index in [2.05, 4.69) is 0 Å². The van der Waals surface area contributed by atoms with E-state index >= 15 is 0 Å². The van der Waals surface area contributed by atoms with Crippen molar-refractivity contribution in [3.8, 4) is 0 Å². The van der Waals surface area contributed by atoms with Gasteiger partial charge in [-0.15, -0.1) is 0 Å². The van der Waals surface area contributed by atoms with Crippen LogP contribution >= 0.6 is 0 Å². The Morgan fingerprint density at radius 2 is 1.54 bits per heavy atom. The molecule has 9 heteroatoms. The van der Waals surface area contributed by atoms with Crippen LogP contribution in [0.25, 0.3) is 10.8 Å². The summed E-state index contributed by atoms with van der Waals surface area (Å²) in [6.45, 7) is 3.38. The van der Waals surface area contributed by atoms with E-state index in [0.717, 1.165) is 20.7 Å². The van der Waals surface area contributed by atoms with Gasteiger partial charge in [-0.1, -0.05) is 0 Å². The van der Waals surface area contributed by atoms with Gasteiger partial charge in [-0.2, -0.15) is 0 Å². The average Bonchev–Trinajstić information content (AvgIpc) is 2.91. The number of nitrogens with zero attached hydrogens (tertiary/aromatic N) is 2. The molecule has 0 aromatic heterocycles. The van der Waals surface area contributed by atoms with Crippen LogP contribution < -0.4 is 4.35 Å². The number of benzene rings is 3. The van der Waals surface area contributed by atoms with Crippen molar-refractivity contribution in [2.24, 2.45) is 5.92 Å². The zero-order valence-corrected chi connectivity index (χ0v) is 22.7. The molecule has 3 aromatic carbocycles. The number of carbonyl (C=O) groups is 4. The van der Waals surface area contributed by atoms with Gasteiger partial charge < -0.3 is 0 Å². The van der Waals surface area contributed by atoms with Gasteiger partial charge in [0, 0.05) is 0 Å². The predicted octanol–water partition coefficient (Wildman–Crippen LogP) is 2.29. The van der Waals surface area contributed by atoms with Crippen LogP contribution in [-0.2, 0) is 20.7 Å². The van der Waals surface area contributed by atoms with Crippen molar-refractivity contribution in [2.45, 2.75) is 13.3 Å². The number of amides is 2. The Morgan fingerprint density at radius 1 is 0.892 bits per heavy atom. The first kappa shape index (κ1) is 26.4. The van der Waals surface area contributed by atoms with Gasteiger partial charge in [0.1, 0.15) is 0 Å². The molecule has 192 valence electrons. The molecule has 37 heavy (non-hydrogen) atoms. The molecule has 0 radical (unpaired) electrons. The number of hydrogen-bond donors (Lipinski definition) is 1. The van der Waals surface area contributed by atoms with Gasteiger partial charge in [-0.3, -0.25) is 0 Å². The monoisotopic (exact) mass is 564 g/mol. The van der Waals surface area contributed by atoms with E-state index in [1.165, 1.54) is 12.1 Å². The van der Waals surface area contributed by atoms with E-state index in [9.17, 15) is 24.3 Å². The Labute approximate surface area is 221 Å². The molecule has 1 heterocycles. The third kappa shape index (κ3) is 6.57. The van der Waals surface area contributed by atoms with Crippen LogP contribution in [0.2, 0.25) is 0 Å². The number of carbonyl (C=O) groups excluding carboxylic acids is 3. The Balaban J connectivity index is 1.52. The molecule has 4 rings (SSSR count). The van der Waals surface area contributed by atoms with E-state index in [1.807, 2.05) is 42.5 Å². The molecule has 1 N–H and O–H groups in total.